The number of fused-ring (bicyclic) bond motifs is 2. The number of anilines is 4. The average molecular weight is 387 g/mol. The van der Waals surface area contributed by atoms with Gasteiger partial charge in [-0.05, 0) is 48.5 Å². The Bertz CT molecular complexity index is 1300. The first-order chi connectivity index (χ1) is 13.7. The van der Waals surface area contributed by atoms with Crippen molar-refractivity contribution in [2.24, 2.45) is 0 Å². The molecule has 7 heteroatoms. The molecule has 2 aromatic heterocycles. The van der Waals surface area contributed by atoms with Crippen LogP contribution in [0.25, 0.3) is 21.8 Å². The summed E-state index contributed by atoms with van der Waals surface area (Å²) in [5, 5.41) is 16.3. The van der Waals surface area contributed by atoms with Gasteiger partial charge < -0.3 is 10.6 Å². The van der Waals surface area contributed by atoms with Gasteiger partial charge in [0.1, 0.15) is 5.82 Å². The number of aromatic amines is 1. The molecule has 0 saturated carbocycles. The number of nitrogens with one attached hydrogen (secondary N) is 3. The maximum atomic E-state index is 6.08. The molecular weight excluding hydrogens is 372 g/mol. The third kappa shape index (κ3) is 3.21. The molecule has 0 bridgehead atoms. The van der Waals surface area contributed by atoms with Crippen molar-refractivity contribution in [3.05, 3.63) is 77.9 Å². The molecule has 0 saturated heterocycles. The van der Waals surface area contributed by atoms with Crippen LogP contribution < -0.4 is 10.6 Å². The minimum atomic E-state index is 0.493. The summed E-state index contributed by atoms with van der Waals surface area (Å²) < 4.78 is 0. The van der Waals surface area contributed by atoms with E-state index in [1.165, 1.54) is 0 Å². The molecule has 0 aliphatic rings. The monoisotopic (exact) mass is 386 g/mol. The van der Waals surface area contributed by atoms with E-state index >= 15 is 0 Å². The third-order valence-corrected chi connectivity index (χ3v) is 4.62. The fourth-order valence-electron chi connectivity index (χ4n) is 3.08. The molecule has 0 atom stereocenters. The normalized spacial score (nSPS) is 11.0. The second kappa shape index (κ2) is 6.83. The van der Waals surface area contributed by atoms with Crippen molar-refractivity contribution < 1.29 is 0 Å². The molecule has 28 heavy (non-hydrogen) atoms. The number of H-pyrrole nitrogens is 1. The van der Waals surface area contributed by atoms with Crippen molar-refractivity contribution in [3.63, 3.8) is 0 Å². The molecule has 0 aliphatic carbocycles. The van der Waals surface area contributed by atoms with Crippen molar-refractivity contribution in [2.45, 2.75) is 0 Å². The standard InChI is InChI=1S/C21H15ClN6/c22-14-4-3-5-15(11-14)25-21-26-19-7-2-1-6-17(19)20(27-21)24-16-8-9-18-13(10-16)12-23-28-18/h1-12H,(H,23,28)(H2,24,25,26,27). The molecule has 5 aromatic rings. The molecule has 0 radical (unpaired) electrons. The number of hydrogen-bond acceptors (Lipinski definition) is 5. The molecule has 3 aromatic carbocycles. The minimum absolute atomic E-state index is 0.493. The molecule has 2 heterocycles. The van der Waals surface area contributed by atoms with Crippen LogP contribution in [0.2, 0.25) is 5.02 Å². The summed E-state index contributed by atoms with van der Waals surface area (Å²) in [7, 11) is 0. The lowest BCUT2D eigenvalue weighted by molar-refractivity contribution is 1.12. The highest BCUT2D eigenvalue weighted by atomic mass is 35.5. The van der Waals surface area contributed by atoms with Gasteiger partial charge in [-0.3, -0.25) is 5.10 Å². The predicted molar refractivity (Wildman–Crippen MR) is 114 cm³/mol. The van der Waals surface area contributed by atoms with Crippen LogP contribution in [0.1, 0.15) is 0 Å². The Labute approximate surface area is 165 Å². The average Bonchev–Trinajstić information content (AvgIpc) is 3.16. The van der Waals surface area contributed by atoms with Gasteiger partial charge in [0.25, 0.3) is 0 Å². The highest BCUT2D eigenvalue weighted by Gasteiger charge is 2.09. The van der Waals surface area contributed by atoms with E-state index in [0.717, 1.165) is 39.0 Å². The second-order valence-corrected chi connectivity index (χ2v) is 6.78. The lowest BCUT2D eigenvalue weighted by atomic mass is 10.2. The Balaban J connectivity index is 1.56. The minimum Gasteiger partial charge on any atom is -0.340 e. The van der Waals surface area contributed by atoms with Crippen molar-refractivity contribution in [1.82, 2.24) is 20.2 Å². The lowest BCUT2D eigenvalue weighted by Crippen LogP contribution is -2.02. The molecule has 0 fully saturated rings. The summed E-state index contributed by atoms with van der Waals surface area (Å²) in [6.07, 6.45) is 1.80. The zero-order chi connectivity index (χ0) is 18.9. The van der Waals surface area contributed by atoms with Gasteiger partial charge in [-0.1, -0.05) is 29.8 Å². The Morgan fingerprint density at radius 3 is 2.64 bits per heavy atom. The fourth-order valence-corrected chi connectivity index (χ4v) is 3.27. The maximum Gasteiger partial charge on any atom is 0.229 e. The lowest BCUT2D eigenvalue weighted by Gasteiger charge is -2.12. The van der Waals surface area contributed by atoms with Crippen LogP contribution in [0.4, 0.5) is 23.1 Å². The van der Waals surface area contributed by atoms with Crippen LogP contribution in [-0.2, 0) is 0 Å². The van der Waals surface area contributed by atoms with Gasteiger partial charge in [-0.15, -0.1) is 0 Å². The highest BCUT2D eigenvalue weighted by molar-refractivity contribution is 6.30. The van der Waals surface area contributed by atoms with Crippen molar-refractivity contribution in [1.29, 1.82) is 0 Å². The van der Waals surface area contributed by atoms with E-state index in [-0.39, 0.29) is 0 Å². The Kier molecular flexibility index (Phi) is 4.03. The predicted octanol–water partition coefficient (Wildman–Crippen LogP) is 5.65. The smallest absolute Gasteiger partial charge is 0.229 e. The number of aromatic nitrogens is 4. The summed E-state index contributed by atoms with van der Waals surface area (Å²) >= 11 is 6.08. The van der Waals surface area contributed by atoms with Gasteiger partial charge in [0.15, 0.2) is 0 Å². The van der Waals surface area contributed by atoms with Gasteiger partial charge in [-0.2, -0.15) is 10.1 Å². The summed E-state index contributed by atoms with van der Waals surface area (Å²) in [4.78, 5) is 9.31. The largest absolute Gasteiger partial charge is 0.340 e. The zero-order valence-electron chi connectivity index (χ0n) is 14.6. The molecular formula is C21H15ClN6. The molecule has 5 rings (SSSR count). The first-order valence-electron chi connectivity index (χ1n) is 8.74. The highest BCUT2D eigenvalue weighted by Crippen LogP contribution is 2.28. The number of hydrogen-bond donors (Lipinski definition) is 3. The van der Waals surface area contributed by atoms with E-state index in [1.807, 2.05) is 66.7 Å². The van der Waals surface area contributed by atoms with Crippen molar-refractivity contribution in [2.75, 3.05) is 10.6 Å². The van der Waals surface area contributed by atoms with Gasteiger partial charge in [0.2, 0.25) is 5.95 Å². The van der Waals surface area contributed by atoms with E-state index in [4.69, 9.17) is 11.6 Å². The number of benzene rings is 3. The van der Waals surface area contributed by atoms with Crippen LogP contribution in [0, 0.1) is 0 Å². The molecule has 0 amide bonds. The summed E-state index contributed by atoms with van der Waals surface area (Å²) in [6.45, 7) is 0. The van der Waals surface area contributed by atoms with E-state index in [2.05, 4.69) is 30.8 Å². The van der Waals surface area contributed by atoms with E-state index in [1.54, 1.807) is 6.20 Å². The van der Waals surface area contributed by atoms with Crippen LogP contribution in [0.15, 0.2) is 72.9 Å². The van der Waals surface area contributed by atoms with E-state index in [0.29, 0.717) is 11.0 Å². The summed E-state index contributed by atoms with van der Waals surface area (Å²) in [6, 6.07) is 21.4. The van der Waals surface area contributed by atoms with Crippen molar-refractivity contribution >= 4 is 56.5 Å². The molecule has 0 unspecified atom stereocenters. The van der Waals surface area contributed by atoms with Gasteiger partial charge in [0.05, 0.1) is 17.2 Å². The van der Waals surface area contributed by atoms with Gasteiger partial charge >= 0.3 is 0 Å². The van der Waals surface area contributed by atoms with Gasteiger partial charge in [0, 0.05) is 27.2 Å². The second-order valence-electron chi connectivity index (χ2n) is 6.35. The van der Waals surface area contributed by atoms with Crippen LogP contribution >= 0.6 is 11.6 Å². The summed E-state index contributed by atoms with van der Waals surface area (Å²) in [5.74, 6) is 1.21. The third-order valence-electron chi connectivity index (χ3n) is 4.39. The van der Waals surface area contributed by atoms with E-state index < -0.39 is 0 Å². The SMILES string of the molecule is Clc1cccc(Nc2nc(Nc3ccc4[nH]ncc4c3)c3ccccc3n2)c1. The van der Waals surface area contributed by atoms with Crippen LogP contribution in [0.3, 0.4) is 0 Å². The molecule has 0 aliphatic heterocycles. The molecule has 136 valence electrons. The number of nitrogens with zero attached hydrogens (tertiary/aromatic N) is 3. The first kappa shape index (κ1) is 16.5. The molecule has 0 spiro atoms. The number of rotatable bonds is 4. The maximum absolute atomic E-state index is 6.08. The Morgan fingerprint density at radius 1 is 0.821 bits per heavy atom. The van der Waals surface area contributed by atoms with E-state index in [9.17, 15) is 0 Å². The quantitative estimate of drug-likeness (QED) is 0.372. The number of halogens is 1. The van der Waals surface area contributed by atoms with Gasteiger partial charge in [-0.25, -0.2) is 4.98 Å². The Morgan fingerprint density at radius 2 is 1.71 bits per heavy atom. The first-order valence-corrected chi connectivity index (χ1v) is 9.12. The van der Waals surface area contributed by atoms with Crippen LogP contribution in [-0.4, -0.2) is 20.2 Å². The fraction of sp³-hybridized carbons (Fsp3) is 0. The molecule has 3 N–H and O–H groups in total. The number of para-hydroxylation sites is 1. The molecule has 6 nitrogen and oxygen atoms in total. The zero-order valence-corrected chi connectivity index (χ0v) is 15.4. The van der Waals surface area contributed by atoms with Crippen LogP contribution in [0.5, 0.6) is 0 Å². The summed E-state index contributed by atoms with van der Waals surface area (Å²) in [5.41, 5.74) is 3.58. The topological polar surface area (TPSA) is 78.5 Å². The van der Waals surface area contributed by atoms with Crippen molar-refractivity contribution in [3.8, 4) is 0 Å². The Hall–Kier alpha value is -3.64.